The number of benzene rings is 2. The summed E-state index contributed by atoms with van der Waals surface area (Å²) >= 11 is 0. The van der Waals surface area contributed by atoms with Gasteiger partial charge >= 0.3 is 0 Å². The first-order chi connectivity index (χ1) is 15.0. The average Bonchev–Trinajstić information content (AvgIpc) is 3.36. The highest BCUT2D eigenvalue weighted by Gasteiger charge is 2.26. The second-order valence-corrected chi connectivity index (χ2v) is 8.25. The third kappa shape index (κ3) is 3.00. The van der Waals surface area contributed by atoms with Crippen LogP contribution in [0.15, 0.2) is 54.0 Å². The zero-order valence-corrected chi connectivity index (χ0v) is 17.8. The van der Waals surface area contributed by atoms with Crippen molar-refractivity contribution in [1.29, 1.82) is 0 Å². The molecule has 0 aliphatic carbocycles. The predicted molar refractivity (Wildman–Crippen MR) is 122 cm³/mol. The molecule has 158 valence electrons. The highest BCUT2D eigenvalue weighted by atomic mass is 16.2. The Bertz CT molecular complexity index is 1380. The lowest BCUT2D eigenvalue weighted by Gasteiger charge is -2.33. The fourth-order valence-electron chi connectivity index (χ4n) is 4.91. The van der Waals surface area contributed by atoms with E-state index in [0.29, 0.717) is 18.5 Å². The smallest absolute Gasteiger partial charge is 0.274 e. The van der Waals surface area contributed by atoms with Gasteiger partial charge in [-0.2, -0.15) is 5.10 Å². The first-order valence-corrected chi connectivity index (χ1v) is 10.5. The number of aryl methyl sites for hydroxylation is 1. The summed E-state index contributed by atoms with van der Waals surface area (Å²) in [7, 11) is 1.82. The summed E-state index contributed by atoms with van der Waals surface area (Å²) in [6.45, 7) is 6.99. The molecule has 3 heterocycles. The summed E-state index contributed by atoms with van der Waals surface area (Å²) in [5.41, 5.74) is 5.16. The minimum atomic E-state index is -0.0295. The molecule has 31 heavy (non-hydrogen) atoms. The number of aromatic amines is 1. The van der Waals surface area contributed by atoms with Crippen molar-refractivity contribution in [2.75, 3.05) is 13.1 Å². The lowest BCUT2D eigenvalue weighted by molar-refractivity contribution is -0.127. The quantitative estimate of drug-likeness (QED) is 0.520. The Morgan fingerprint density at radius 1 is 1.19 bits per heavy atom. The zero-order valence-electron chi connectivity index (χ0n) is 17.8. The number of carbonyl (C=O) groups excluding carboxylic acids is 1. The highest BCUT2D eigenvalue weighted by Crippen LogP contribution is 2.33. The van der Waals surface area contributed by atoms with Crippen molar-refractivity contribution in [2.45, 2.75) is 25.8 Å². The van der Waals surface area contributed by atoms with Gasteiger partial charge in [-0.3, -0.25) is 24.1 Å². The minimum absolute atomic E-state index is 0.00142. The molecule has 1 amide bonds. The van der Waals surface area contributed by atoms with Crippen LogP contribution in [0.4, 0.5) is 0 Å². The molecule has 1 N–H and O–H groups in total. The Kier molecular flexibility index (Phi) is 4.54. The van der Waals surface area contributed by atoms with Crippen LogP contribution in [0.1, 0.15) is 24.4 Å². The molecule has 4 aromatic rings. The maximum Gasteiger partial charge on any atom is 0.274 e. The molecule has 1 saturated heterocycles. The summed E-state index contributed by atoms with van der Waals surface area (Å²) in [6, 6.07) is 10.4. The number of likely N-dealkylation sites (tertiary alicyclic amines) is 1. The number of nitrogens with one attached hydrogen (secondary N) is 1. The van der Waals surface area contributed by atoms with Crippen molar-refractivity contribution in [3.8, 4) is 11.1 Å². The van der Waals surface area contributed by atoms with Gasteiger partial charge in [0.05, 0.1) is 28.7 Å². The molecule has 1 fully saturated rings. The number of piperidine rings is 1. The predicted octanol–water partition coefficient (Wildman–Crippen LogP) is 3.54. The maximum absolute atomic E-state index is 13.1. The van der Waals surface area contributed by atoms with Crippen molar-refractivity contribution in [1.82, 2.24) is 24.5 Å². The van der Waals surface area contributed by atoms with Gasteiger partial charge in [-0.05, 0) is 60.7 Å². The molecule has 0 atom stereocenters. The Morgan fingerprint density at radius 3 is 2.71 bits per heavy atom. The molecular weight excluding hydrogens is 390 g/mol. The second kappa shape index (κ2) is 7.27. The zero-order chi connectivity index (χ0) is 21.7. The molecule has 1 aliphatic rings. The molecule has 0 unspecified atom stereocenters. The summed E-state index contributed by atoms with van der Waals surface area (Å²) < 4.78 is 3.82. The summed E-state index contributed by atoms with van der Waals surface area (Å²) in [5, 5.41) is 8.97. The highest BCUT2D eigenvalue weighted by molar-refractivity contribution is 5.98. The first-order valence-electron chi connectivity index (χ1n) is 10.5. The van der Waals surface area contributed by atoms with E-state index in [9.17, 15) is 9.59 Å². The van der Waals surface area contributed by atoms with E-state index in [2.05, 4.69) is 40.5 Å². The van der Waals surface area contributed by atoms with Crippen molar-refractivity contribution >= 4 is 27.7 Å². The van der Waals surface area contributed by atoms with Gasteiger partial charge in [0.2, 0.25) is 5.91 Å². The Labute approximate surface area is 179 Å². The Hall–Kier alpha value is -3.61. The molecule has 2 aromatic carbocycles. The van der Waals surface area contributed by atoms with Crippen LogP contribution in [-0.4, -0.2) is 43.5 Å². The number of aromatic nitrogens is 4. The molecule has 0 spiro atoms. The Balaban J connectivity index is 1.58. The van der Waals surface area contributed by atoms with E-state index in [1.807, 2.05) is 36.3 Å². The SMILES string of the molecule is C=CC(=O)N1CCC(n2c3ccc(-c4c(C)ccc5[nH]ncc45)cc3c(=O)n2C)CC1. The van der Waals surface area contributed by atoms with E-state index in [4.69, 9.17) is 0 Å². The van der Waals surface area contributed by atoms with Gasteiger partial charge in [-0.25, -0.2) is 0 Å². The van der Waals surface area contributed by atoms with Gasteiger partial charge in [-0.1, -0.05) is 18.7 Å². The van der Waals surface area contributed by atoms with Crippen molar-refractivity contribution in [3.05, 3.63) is 65.1 Å². The van der Waals surface area contributed by atoms with Gasteiger partial charge < -0.3 is 4.90 Å². The Morgan fingerprint density at radius 2 is 1.97 bits per heavy atom. The maximum atomic E-state index is 13.1. The van der Waals surface area contributed by atoms with Crippen molar-refractivity contribution in [3.63, 3.8) is 0 Å². The van der Waals surface area contributed by atoms with Crippen LogP contribution in [0.3, 0.4) is 0 Å². The van der Waals surface area contributed by atoms with E-state index >= 15 is 0 Å². The average molecular weight is 415 g/mol. The van der Waals surface area contributed by atoms with Gasteiger partial charge in [0.1, 0.15) is 0 Å². The normalized spacial score (nSPS) is 15.1. The molecule has 7 heteroatoms. The van der Waals surface area contributed by atoms with Crippen LogP contribution < -0.4 is 5.56 Å². The molecule has 1 aliphatic heterocycles. The van der Waals surface area contributed by atoms with Crippen LogP contribution in [0.25, 0.3) is 32.9 Å². The molecule has 0 bridgehead atoms. The van der Waals surface area contributed by atoms with Gasteiger partial charge in [0.25, 0.3) is 5.56 Å². The molecule has 7 nitrogen and oxygen atoms in total. The molecule has 0 radical (unpaired) electrons. The van der Waals surface area contributed by atoms with Gasteiger partial charge in [0, 0.05) is 25.5 Å². The van der Waals surface area contributed by atoms with Crippen LogP contribution in [-0.2, 0) is 11.8 Å². The lowest BCUT2D eigenvalue weighted by atomic mass is 9.96. The van der Waals surface area contributed by atoms with Crippen LogP contribution in [0.5, 0.6) is 0 Å². The summed E-state index contributed by atoms with van der Waals surface area (Å²) in [5.74, 6) is -0.0295. The third-order valence-corrected chi connectivity index (χ3v) is 6.51. The molecule has 0 saturated carbocycles. The van der Waals surface area contributed by atoms with Gasteiger partial charge in [-0.15, -0.1) is 0 Å². The third-order valence-electron chi connectivity index (χ3n) is 6.51. The monoisotopic (exact) mass is 415 g/mol. The standard InChI is InChI=1S/C24H25N5O2/c1-4-22(30)28-11-9-17(10-12-28)29-21-8-6-16(13-18(21)24(31)27(29)3)23-15(2)5-7-20-19(23)14-25-26-20/h4-8,13-14,17H,1,9-12H2,2-3H3,(H,25,26). The van der Waals surface area contributed by atoms with Crippen LogP contribution in [0, 0.1) is 6.92 Å². The lowest BCUT2D eigenvalue weighted by Crippen LogP contribution is -2.39. The molecule has 5 rings (SSSR count). The number of hydrogen-bond donors (Lipinski definition) is 1. The van der Waals surface area contributed by atoms with Crippen LogP contribution in [0.2, 0.25) is 0 Å². The number of carbonyl (C=O) groups is 1. The summed E-state index contributed by atoms with van der Waals surface area (Å²) in [4.78, 5) is 26.9. The van der Waals surface area contributed by atoms with Crippen molar-refractivity contribution < 1.29 is 4.79 Å². The minimum Gasteiger partial charge on any atom is -0.339 e. The second-order valence-electron chi connectivity index (χ2n) is 8.25. The summed E-state index contributed by atoms with van der Waals surface area (Å²) in [6.07, 6.45) is 4.83. The number of H-pyrrole nitrogens is 1. The van der Waals surface area contributed by atoms with E-state index in [1.54, 1.807) is 4.68 Å². The van der Waals surface area contributed by atoms with E-state index in [0.717, 1.165) is 46.0 Å². The van der Waals surface area contributed by atoms with E-state index in [-0.39, 0.29) is 17.5 Å². The first kappa shape index (κ1) is 19.4. The molecule has 2 aromatic heterocycles. The topological polar surface area (TPSA) is 75.9 Å². The van der Waals surface area contributed by atoms with Crippen LogP contribution >= 0.6 is 0 Å². The number of fused-ring (bicyclic) bond motifs is 2. The molecular formula is C24H25N5O2. The fraction of sp³-hybridized carbons (Fsp3) is 0.292. The number of amides is 1. The van der Waals surface area contributed by atoms with E-state index in [1.165, 1.54) is 6.08 Å². The van der Waals surface area contributed by atoms with E-state index < -0.39 is 0 Å². The largest absolute Gasteiger partial charge is 0.339 e. The number of hydrogen-bond acceptors (Lipinski definition) is 3. The van der Waals surface area contributed by atoms with Gasteiger partial charge in [0.15, 0.2) is 0 Å². The number of rotatable bonds is 3. The fourth-order valence-corrected chi connectivity index (χ4v) is 4.91. The van der Waals surface area contributed by atoms with Crippen molar-refractivity contribution in [2.24, 2.45) is 7.05 Å². The number of nitrogens with zero attached hydrogens (tertiary/aromatic N) is 4.